The molecular formula is C14H20N4OS. The van der Waals surface area contributed by atoms with Crippen LogP contribution in [0.4, 0.5) is 5.82 Å². The van der Waals surface area contributed by atoms with Gasteiger partial charge in [-0.3, -0.25) is 4.79 Å². The predicted octanol–water partition coefficient (Wildman–Crippen LogP) is 0.799. The molecule has 3 heterocycles. The largest absolute Gasteiger partial charge is 0.366 e. The summed E-state index contributed by atoms with van der Waals surface area (Å²) >= 11 is 1.93. The van der Waals surface area contributed by atoms with Gasteiger partial charge in [-0.25, -0.2) is 4.98 Å². The van der Waals surface area contributed by atoms with Crippen LogP contribution >= 0.6 is 11.8 Å². The number of anilines is 1. The number of hydrogen-bond donors (Lipinski definition) is 2. The molecule has 2 aliphatic heterocycles. The number of carbonyl (C=O) groups excluding carboxylic acids is 1. The number of aromatic nitrogens is 1. The van der Waals surface area contributed by atoms with E-state index in [-0.39, 0.29) is 18.0 Å². The maximum Gasteiger partial charge on any atom is 0.239 e. The summed E-state index contributed by atoms with van der Waals surface area (Å²) in [6, 6.07) is 6.05. The molecule has 108 valence electrons. The number of nitrogens with zero attached hydrogens (tertiary/aromatic N) is 2. The highest BCUT2D eigenvalue weighted by molar-refractivity contribution is 7.99. The molecule has 0 aliphatic carbocycles. The van der Waals surface area contributed by atoms with Gasteiger partial charge in [-0.1, -0.05) is 6.07 Å². The SMILES string of the molecule is O=C([C@@H]1C[C@H](Nc2ccccn2)CN1)N1CCSCC1. The average Bonchev–Trinajstić information content (AvgIpc) is 2.97. The summed E-state index contributed by atoms with van der Waals surface area (Å²) in [7, 11) is 0. The first-order chi connectivity index (χ1) is 9.83. The standard InChI is InChI=1S/C14H20N4OS/c19-14(18-5-7-20-8-6-18)12-9-11(10-16-12)17-13-3-1-2-4-15-13/h1-4,11-12,16H,5-10H2,(H,15,17)/t11-,12-/m0/s1. The van der Waals surface area contributed by atoms with E-state index in [1.165, 1.54) is 0 Å². The van der Waals surface area contributed by atoms with Crippen LogP contribution in [0.3, 0.4) is 0 Å². The number of amides is 1. The van der Waals surface area contributed by atoms with Gasteiger partial charge in [0, 0.05) is 43.4 Å². The predicted molar refractivity (Wildman–Crippen MR) is 82.0 cm³/mol. The van der Waals surface area contributed by atoms with Crippen LogP contribution in [-0.4, -0.2) is 59.0 Å². The minimum absolute atomic E-state index is 0.0423. The Morgan fingerprint density at radius 3 is 3.00 bits per heavy atom. The Morgan fingerprint density at radius 1 is 1.40 bits per heavy atom. The molecule has 2 fully saturated rings. The zero-order chi connectivity index (χ0) is 13.8. The molecule has 3 rings (SSSR count). The zero-order valence-electron chi connectivity index (χ0n) is 11.4. The molecule has 2 saturated heterocycles. The van der Waals surface area contributed by atoms with Crippen LogP contribution in [0.15, 0.2) is 24.4 Å². The molecule has 20 heavy (non-hydrogen) atoms. The third kappa shape index (κ3) is 3.24. The fourth-order valence-corrected chi connectivity index (χ4v) is 3.60. The molecule has 2 N–H and O–H groups in total. The summed E-state index contributed by atoms with van der Waals surface area (Å²) in [5.41, 5.74) is 0. The first kappa shape index (κ1) is 13.7. The number of rotatable bonds is 3. The second-order valence-corrected chi connectivity index (χ2v) is 6.42. The van der Waals surface area contributed by atoms with E-state index in [1.54, 1.807) is 6.20 Å². The lowest BCUT2D eigenvalue weighted by Gasteiger charge is -2.28. The monoisotopic (exact) mass is 292 g/mol. The smallest absolute Gasteiger partial charge is 0.239 e. The van der Waals surface area contributed by atoms with Crippen molar-refractivity contribution in [2.24, 2.45) is 0 Å². The summed E-state index contributed by atoms with van der Waals surface area (Å²) < 4.78 is 0. The van der Waals surface area contributed by atoms with Crippen LogP contribution in [0, 0.1) is 0 Å². The molecule has 0 unspecified atom stereocenters. The van der Waals surface area contributed by atoms with Gasteiger partial charge in [0.05, 0.1) is 6.04 Å². The minimum Gasteiger partial charge on any atom is -0.366 e. The van der Waals surface area contributed by atoms with Gasteiger partial charge in [0.2, 0.25) is 5.91 Å². The Morgan fingerprint density at radius 2 is 2.25 bits per heavy atom. The van der Waals surface area contributed by atoms with Crippen molar-refractivity contribution in [3.8, 4) is 0 Å². The van der Waals surface area contributed by atoms with Gasteiger partial charge in [0.25, 0.3) is 0 Å². The molecule has 0 saturated carbocycles. The molecule has 1 aromatic rings. The lowest BCUT2D eigenvalue weighted by molar-refractivity contribution is -0.132. The van der Waals surface area contributed by atoms with E-state index in [0.29, 0.717) is 0 Å². The first-order valence-corrected chi connectivity index (χ1v) is 8.26. The fraction of sp³-hybridized carbons (Fsp3) is 0.571. The first-order valence-electron chi connectivity index (χ1n) is 7.10. The van der Waals surface area contributed by atoms with Crippen LogP contribution in [0.5, 0.6) is 0 Å². The number of pyridine rings is 1. The second kappa shape index (κ2) is 6.45. The maximum absolute atomic E-state index is 12.4. The van der Waals surface area contributed by atoms with Crippen LogP contribution in [0.1, 0.15) is 6.42 Å². The van der Waals surface area contributed by atoms with Crippen molar-refractivity contribution >= 4 is 23.5 Å². The van der Waals surface area contributed by atoms with E-state index < -0.39 is 0 Å². The normalized spacial score (nSPS) is 26.5. The number of carbonyl (C=O) groups is 1. The van der Waals surface area contributed by atoms with Gasteiger partial charge < -0.3 is 15.5 Å². The second-order valence-electron chi connectivity index (χ2n) is 5.19. The fourth-order valence-electron chi connectivity index (χ4n) is 2.70. The lowest BCUT2D eigenvalue weighted by Crippen LogP contribution is -2.46. The van der Waals surface area contributed by atoms with Crippen LogP contribution in [0.2, 0.25) is 0 Å². The molecule has 0 radical (unpaired) electrons. The third-order valence-electron chi connectivity index (χ3n) is 3.77. The molecule has 0 bridgehead atoms. The van der Waals surface area contributed by atoms with Crippen molar-refractivity contribution < 1.29 is 4.79 Å². The minimum atomic E-state index is -0.0423. The Bertz CT molecular complexity index is 450. The summed E-state index contributed by atoms with van der Waals surface area (Å²) in [5.74, 6) is 3.26. The van der Waals surface area contributed by atoms with Crippen LogP contribution in [0.25, 0.3) is 0 Å². The van der Waals surface area contributed by atoms with Crippen molar-refractivity contribution in [2.75, 3.05) is 36.5 Å². The van der Waals surface area contributed by atoms with Crippen LogP contribution in [-0.2, 0) is 4.79 Å². The van der Waals surface area contributed by atoms with Crippen LogP contribution < -0.4 is 10.6 Å². The van der Waals surface area contributed by atoms with Gasteiger partial charge >= 0.3 is 0 Å². The van der Waals surface area contributed by atoms with E-state index in [4.69, 9.17) is 0 Å². The van der Waals surface area contributed by atoms with Gasteiger partial charge in [-0.2, -0.15) is 11.8 Å². The maximum atomic E-state index is 12.4. The van der Waals surface area contributed by atoms with Gasteiger partial charge in [-0.05, 0) is 18.6 Å². The van der Waals surface area contributed by atoms with Gasteiger partial charge in [-0.15, -0.1) is 0 Å². The molecule has 2 aliphatic rings. The molecule has 1 aromatic heterocycles. The molecular weight excluding hydrogens is 272 g/mol. The van der Waals surface area contributed by atoms with Crippen molar-refractivity contribution in [3.63, 3.8) is 0 Å². The average molecular weight is 292 g/mol. The van der Waals surface area contributed by atoms with E-state index >= 15 is 0 Å². The molecule has 0 spiro atoms. The lowest BCUT2D eigenvalue weighted by atomic mass is 10.1. The van der Waals surface area contributed by atoms with Gasteiger partial charge in [0.15, 0.2) is 0 Å². The molecule has 5 nitrogen and oxygen atoms in total. The van der Waals surface area contributed by atoms with Gasteiger partial charge in [0.1, 0.15) is 5.82 Å². The Hall–Kier alpha value is -1.27. The Kier molecular flexibility index (Phi) is 4.42. The quantitative estimate of drug-likeness (QED) is 0.863. The Labute approximate surface area is 123 Å². The number of nitrogens with one attached hydrogen (secondary N) is 2. The summed E-state index contributed by atoms with van der Waals surface area (Å²) in [6.07, 6.45) is 2.61. The van der Waals surface area contributed by atoms with Crippen molar-refractivity contribution in [1.82, 2.24) is 15.2 Å². The van der Waals surface area contributed by atoms with Crippen molar-refractivity contribution in [1.29, 1.82) is 0 Å². The topological polar surface area (TPSA) is 57.3 Å². The zero-order valence-corrected chi connectivity index (χ0v) is 12.2. The molecule has 2 atom stereocenters. The Balaban J connectivity index is 1.52. The van der Waals surface area contributed by atoms with E-state index in [9.17, 15) is 4.79 Å². The molecule has 6 heteroatoms. The van der Waals surface area contributed by atoms with E-state index in [0.717, 1.165) is 43.4 Å². The number of thioether (sulfide) groups is 1. The van der Waals surface area contributed by atoms with E-state index in [1.807, 2.05) is 34.9 Å². The van der Waals surface area contributed by atoms with Crippen molar-refractivity contribution in [3.05, 3.63) is 24.4 Å². The summed E-state index contributed by atoms with van der Waals surface area (Å²) in [6.45, 7) is 2.59. The third-order valence-corrected chi connectivity index (χ3v) is 4.71. The highest BCUT2D eigenvalue weighted by Crippen LogP contribution is 2.16. The molecule has 0 aromatic carbocycles. The molecule has 1 amide bonds. The highest BCUT2D eigenvalue weighted by Gasteiger charge is 2.32. The number of hydrogen-bond acceptors (Lipinski definition) is 5. The summed E-state index contributed by atoms with van der Waals surface area (Å²) in [4.78, 5) is 18.7. The highest BCUT2D eigenvalue weighted by atomic mass is 32.2. The van der Waals surface area contributed by atoms with E-state index in [2.05, 4.69) is 15.6 Å². The van der Waals surface area contributed by atoms with Crippen molar-refractivity contribution in [2.45, 2.75) is 18.5 Å². The summed E-state index contributed by atoms with van der Waals surface area (Å²) in [5, 5.41) is 6.72.